The minimum atomic E-state index is -0.516. The lowest BCUT2D eigenvalue weighted by molar-refractivity contribution is 0.141. The van der Waals surface area contributed by atoms with E-state index >= 15 is 0 Å². The SMILES string of the molecule is Cn1cnc(C(O)CC2CCOc3ccccc32)c1. The summed E-state index contributed by atoms with van der Waals surface area (Å²) in [6, 6.07) is 8.09. The molecule has 4 nitrogen and oxygen atoms in total. The van der Waals surface area contributed by atoms with Gasteiger partial charge in [0.25, 0.3) is 0 Å². The van der Waals surface area contributed by atoms with Crippen molar-refractivity contribution in [1.82, 2.24) is 9.55 Å². The lowest BCUT2D eigenvalue weighted by Gasteiger charge is -2.27. The van der Waals surface area contributed by atoms with Crippen LogP contribution in [0.4, 0.5) is 0 Å². The number of ether oxygens (including phenoxy) is 1. The number of benzene rings is 1. The first-order valence-corrected chi connectivity index (χ1v) is 6.61. The molecule has 3 rings (SSSR count). The van der Waals surface area contributed by atoms with Crippen LogP contribution in [0.15, 0.2) is 36.8 Å². The summed E-state index contributed by atoms with van der Waals surface area (Å²) in [5.74, 6) is 1.29. The molecule has 2 aromatic rings. The number of fused-ring (bicyclic) bond motifs is 1. The molecule has 0 spiro atoms. The molecule has 4 heteroatoms. The Bertz CT molecular complexity index is 565. The van der Waals surface area contributed by atoms with Crippen LogP contribution >= 0.6 is 0 Å². The fraction of sp³-hybridized carbons (Fsp3) is 0.400. The Morgan fingerprint density at radius 1 is 1.47 bits per heavy atom. The van der Waals surface area contributed by atoms with Crippen LogP contribution in [0, 0.1) is 0 Å². The van der Waals surface area contributed by atoms with Crippen molar-refractivity contribution in [1.29, 1.82) is 0 Å². The Balaban J connectivity index is 1.77. The zero-order valence-corrected chi connectivity index (χ0v) is 11.0. The molecule has 0 amide bonds. The van der Waals surface area contributed by atoms with Crippen LogP contribution in [0.3, 0.4) is 0 Å². The van der Waals surface area contributed by atoms with Gasteiger partial charge in [0, 0.05) is 13.2 Å². The Morgan fingerprint density at radius 3 is 3.11 bits per heavy atom. The van der Waals surface area contributed by atoms with Crippen LogP contribution in [-0.2, 0) is 7.05 Å². The van der Waals surface area contributed by atoms with E-state index in [0.29, 0.717) is 12.3 Å². The number of aliphatic hydroxyl groups is 1. The molecular weight excluding hydrogens is 240 g/mol. The molecule has 1 aromatic heterocycles. The van der Waals surface area contributed by atoms with Crippen LogP contribution in [0.5, 0.6) is 5.75 Å². The number of imidazole rings is 1. The van der Waals surface area contributed by atoms with E-state index in [0.717, 1.165) is 24.5 Å². The Kier molecular flexibility index (Phi) is 3.25. The van der Waals surface area contributed by atoms with Crippen molar-refractivity contribution < 1.29 is 9.84 Å². The van der Waals surface area contributed by atoms with Crippen molar-refractivity contribution >= 4 is 0 Å². The van der Waals surface area contributed by atoms with Gasteiger partial charge in [0.1, 0.15) is 5.75 Å². The van der Waals surface area contributed by atoms with Crippen LogP contribution < -0.4 is 4.74 Å². The second-order valence-electron chi connectivity index (χ2n) is 5.09. The van der Waals surface area contributed by atoms with Gasteiger partial charge in [-0.3, -0.25) is 0 Å². The molecule has 19 heavy (non-hydrogen) atoms. The number of rotatable bonds is 3. The Morgan fingerprint density at radius 2 is 2.32 bits per heavy atom. The zero-order valence-electron chi connectivity index (χ0n) is 11.0. The molecule has 1 N–H and O–H groups in total. The van der Waals surface area contributed by atoms with E-state index in [1.54, 1.807) is 6.33 Å². The summed E-state index contributed by atoms with van der Waals surface area (Å²) in [6.45, 7) is 0.719. The lowest BCUT2D eigenvalue weighted by Crippen LogP contribution is -2.16. The Labute approximate surface area is 112 Å². The van der Waals surface area contributed by atoms with E-state index in [9.17, 15) is 5.11 Å². The topological polar surface area (TPSA) is 47.3 Å². The molecule has 1 aliphatic rings. The molecule has 0 saturated carbocycles. The number of hydrogen-bond donors (Lipinski definition) is 1. The van der Waals surface area contributed by atoms with Gasteiger partial charge < -0.3 is 14.4 Å². The third-order valence-electron chi connectivity index (χ3n) is 3.66. The minimum absolute atomic E-state index is 0.335. The van der Waals surface area contributed by atoms with Gasteiger partial charge in [-0.2, -0.15) is 0 Å². The average Bonchev–Trinajstić information content (AvgIpc) is 2.86. The molecule has 0 saturated heterocycles. The summed E-state index contributed by atoms with van der Waals surface area (Å²) in [5, 5.41) is 10.3. The van der Waals surface area contributed by atoms with Crippen molar-refractivity contribution in [3.63, 3.8) is 0 Å². The standard InChI is InChI=1S/C15H18N2O2/c1-17-9-13(16-10-17)14(18)8-11-6-7-19-15-5-3-2-4-12(11)15/h2-5,9-11,14,18H,6-8H2,1H3. The average molecular weight is 258 g/mol. The third kappa shape index (κ3) is 2.49. The normalized spacial score (nSPS) is 19.6. The molecular formula is C15H18N2O2. The first kappa shape index (κ1) is 12.2. The Hall–Kier alpha value is -1.81. The van der Waals surface area contributed by atoms with E-state index in [-0.39, 0.29) is 0 Å². The fourth-order valence-corrected chi connectivity index (χ4v) is 2.66. The smallest absolute Gasteiger partial charge is 0.122 e. The summed E-state index contributed by atoms with van der Waals surface area (Å²) in [5.41, 5.74) is 1.94. The van der Waals surface area contributed by atoms with Crippen molar-refractivity contribution in [2.45, 2.75) is 24.9 Å². The van der Waals surface area contributed by atoms with E-state index in [1.807, 2.05) is 36.0 Å². The summed E-state index contributed by atoms with van der Waals surface area (Å²) < 4.78 is 7.50. The third-order valence-corrected chi connectivity index (χ3v) is 3.66. The zero-order chi connectivity index (χ0) is 13.2. The molecule has 1 aliphatic heterocycles. The highest BCUT2D eigenvalue weighted by Crippen LogP contribution is 2.38. The largest absolute Gasteiger partial charge is 0.493 e. The molecule has 100 valence electrons. The van der Waals surface area contributed by atoms with Crippen LogP contribution in [0.25, 0.3) is 0 Å². The van der Waals surface area contributed by atoms with Crippen molar-refractivity contribution in [3.8, 4) is 5.75 Å². The van der Waals surface area contributed by atoms with Gasteiger partial charge in [-0.15, -0.1) is 0 Å². The van der Waals surface area contributed by atoms with Gasteiger partial charge in [-0.05, 0) is 30.4 Å². The fourth-order valence-electron chi connectivity index (χ4n) is 2.66. The number of nitrogens with zero attached hydrogens (tertiary/aromatic N) is 2. The van der Waals surface area contributed by atoms with Gasteiger partial charge in [0.05, 0.1) is 24.7 Å². The van der Waals surface area contributed by atoms with E-state index in [2.05, 4.69) is 11.1 Å². The highest BCUT2D eigenvalue weighted by molar-refractivity contribution is 5.37. The molecule has 0 radical (unpaired) electrons. The van der Waals surface area contributed by atoms with Gasteiger partial charge in [-0.25, -0.2) is 4.98 Å². The monoisotopic (exact) mass is 258 g/mol. The summed E-state index contributed by atoms with van der Waals surface area (Å²) in [6.07, 6.45) is 4.71. The molecule has 0 bridgehead atoms. The van der Waals surface area contributed by atoms with Crippen molar-refractivity contribution in [2.75, 3.05) is 6.61 Å². The molecule has 0 fully saturated rings. The second kappa shape index (κ2) is 5.05. The maximum absolute atomic E-state index is 10.3. The van der Waals surface area contributed by atoms with Crippen LogP contribution in [-0.4, -0.2) is 21.3 Å². The van der Waals surface area contributed by atoms with Crippen LogP contribution in [0.2, 0.25) is 0 Å². The number of aliphatic hydroxyl groups excluding tert-OH is 1. The highest BCUT2D eigenvalue weighted by atomic mass is 16.5. The molecule has 0 aliphatic carbocycles. The maximum atomic E-state index is 10.3. The van der Waals surface area contributed by atoms with Gasteiger partial charge >= 0.3 is 0 Å². The molecule has 2 unspecified atom stereocenters. The predicted molar refractivity (Wildman–Crippen MR) is 72.1 cm³/mol. The lowest BCUT2D eigenvalue weighted by atomic mass is 9.88. The first-order valence-electron chi connectivity index (χ1n) is 6.61. The van der Waals surface area contributed by atoms with Gasteiger partial charge in [-0.1, -0.05) is 18.2 Å². The maximum Gasteiger partial charge on any atom is 0.122 e. The number of aryl methyl sites for hydroxylation is 1. The van der Waals surface area contributed by atoms with E-state index < -0.39 is 6.10 Å². The molecule has 1 aromatic carbocycles. The second-order valence-corrected chi connectivity index (χ2v) is 5.09. The number of para-hydroxylation sites is 1. The molecule has 2 heterocycles. The van der Waals surface area contributed by atoms with Gasteiger partial charge in [0.2, 0.25) is 0 Å². The minimum Gasteiger partial charge on any atom is -0.493 e. The summed E-state index contributed by atoms with van der Waals surface area (Å²) in [4.78, 5) is 4.22. The van der Waals surface area contributed by atoms with E-state index in [4.69, 9.17) is 4.74 Å². The van der Waals surface area contributed by atoms with E-state index in [1.165, 1.54) is 5.56 Å². The first-order chi connectivity index (χ1) is 9.24. The summed E-state index contributed by atoms with van der Waals surface area (Å²) >= 11 is 0. The predicted octanol–water partition coefficient (Wildman–Crippen LogP) is 2.41. The van der Waals surface area contributed by atoms with Crippen LogP contribution in [0.1, 0.15) is 36.1 Å². The number of hydrogen-bond acceptors (Lipinski definition) is 3. The summed E-state index contributed by atoms with van der Waals surface area (Å²) in [7, 11) is 1.91. The van der Waals surface area contributed by atoms with Crippen molar-refractivity contribution in [3.05, 3.63) is 48.0 Å². The molecule has 2 atom stereocenters. The van der Waals surface area contributed by atoms with Crippen molar-refractivity contribution in [2.24, 2.45) is 7.05 Å². The van der Waals surface area contributed by atoms with Gasteiger partial charge in [0.15, 0.2) is 0 Å². The highest BCUT2D eigenvalue weighted by Gasteiger charge is 2.24. The quantitative estimate of drug-likeness (QED) is 0.919. The number of aromatic nitrogens is 2.